The molecule has 0 aromatic heterocycles. The van der Waals surface area contributed by atoms with Gasteiger partial charge in [0.25, 0.3) is 10.2 Å². The summed E-state index contributed by atoms with van der Waals surface area (Å²) in [5.41, 5.74) is 0.521. The number of nitrogens with one attached hydrogen (secondary N) is 3. The first kappa shape index (κ1) is 24.7. The maximum absolute atomic E-state index is 14.6. The second kappa shape index (κ2) is 9.32. The summed E-state index contributed by atoms with van der Waals surface area (Å²) in [6.45, 7) is 1.70. The summed E-state index contributed by atoms with van der Waals surface area (Å²) in [6.07, 6.45) is 0.951. The van der Waals surface area contributed by atoms with Gasteiger partial charge in [-0.2, -0.15) is 8.42 Å². The standard InChI is InChI=1S/C22H22F2N4O5S2/c1-13-5-8-19(18(24)9-13)26-20-10-14(23)11-21(22(20)28-34(29,30)17-6-7-17)33-16-4-2-3-15(12-16)27-35(25,31)32/h2-5,8-12,17,26-28H,6-7H2,1H3,(H2,25,31,32). The van der Waals surface area contributed by atoms with E-state index < -0.39 is 37.1 Å². The highest BCUT2D eigenvalue weighted by molar-refractivity contribution is 7.93. The molecule has 0 aliphatic heterocycles. The molecule has 0 heterocycles. The molecule has 1 aliphatic rings. The highest BCUT2D eigenvalue weighted by atomic mass is 32.2. The van der Waals surface area contributed by atoms with E-state index in [1.807, 2.05) is 0 Å². The number of anilines is 4. The minimum absolute atomic E-state index is 0.00151. The van der Waals surface area contributed by atoms with Gasteiger partial charge in [0.2, 0.25) is 10.0 Å². The summed E-state index contributed by atoms with van der Waals surface area (Å²) in [5.74, 6) is -1.57. The van der Waals surface area contributed by atoms with E-state index in [4.69, 9.17) is 9.88 Å². The van der Waals surface area contributed by atoms with Gasteiger partial charge in [0, 0.05) is 12.1 Å². The van der Waals surface area contributed by atoms with Gasteiger partial charge < -0.3 is 10.1 Å². The molecule has 3 aromatic carbocycles. The Morgan fingerprint density at radius 3 is 2.34 bits per heavy atom. The van der Waals surface area contributed by atoms with Crippen LogP contribution in [0.4, 0.5) is 31.5 Å². The Kier molecular flexibility index (Phi) is 6.58. The van der Waals surface area contributed by atoms with Crippen LogP contribution in [-0.4, -0.2) is 22.1 Å². The minimum Gasteiger partial charge on any atom is -0.455 e. The number of hydrogen-bond donors (Lipinski definition) is 4. The zero-order chi connectivity index (χ0) is 25.4. The smallest absolute Gasteiger partial charge is 0.296 e. The third-order valence-corrected chi connectivity index (χ3v) is 7.35. The summed E-state index contributed by atoms with van der Waals surface area (Å²) in [5, 5.41) is 7.11. The zero-order valence-electron chi connectivity index (χ0n) is 18.4. The molecule has 35 heavy (non-hydrogen) atoms. The van der Waals surface area contributed by atoms with Crippen LogP contribution in [0.25, 0.3) is 0 Å². The number of nitrogens with two attached hydrogens (primary N) is 1. The van der Waals surface area contributed by atoms with Crippen molar-refractivity contribution in [3.8, 4) is 11.5 Å². The van der Waals surface area contributed by atoms with Gasteiger partial charge in [-0.25, -0.2) is 22.3 Å². The van der Waals surface area contributed by atoms with Crippen LogP contribution in [0.15, 0.2) is 54.6 Å². The molecule has 0 radical (unpaired) electrons. The van der Waals surface area contributed by atoms with Crippen LogP contribution in [0, 0.1) is 18.6 Å². The summed E-state index contributed by atoms with van der Waals surface area (Å²) >= 11 is 0. The number of aryl methyl sites for hydroxylation is 1. The zero-order valence-corrected chi connectivity index (χ0v) is 20.0. The van der Waals surface area contributed by atoms with E-state index in [0.29, 0.717) is 18.4 Å². The van der Waals surface area contributed by atoms with E-state index in [2.05, 4.69) is 14.8 Å². The van der Waals surface area contributed by atoms with Crippen molar-refractivity contribution < 1.29 is 30.4 Å². The number of benzene rings is 3. The Morgan fingerprint density at radius 2 is 1.69 bits per heavy atom. The topological polar surface area (TPSA) is 140 Å². The van der Waals surface area contributed by atoms with Gasteiger partial charge in [-0.3, -0.25) is 9.44 Å². The van der Waals surface area contributed by atoms with E-state index in [-0.39, 0.29) is 34.2 Å². The second-order valence-corrected chi connectivity index (χ2v) is 11.3. The second-order valence-electron chi connectivity index (χ2n) is 8.06. The predicted molar refractivity (Wildman–Crippen MR) is 130 cm³/mol. The fourth-order valence-electron chi connectivity index (χ4n) is 3.25. The van der Waals surface area contributed by atoms with Crippen molar-refractivity contribution in [3.05, 3.63) is 71.8 Å². The van der Waals surface area contributed by atoms with Gasteiger partial charge in [0.15, 0.2) is 5.75 Å². The molecule has 5 N–H and O–H groups in total. The van der Waals surface area contributed by atoms with E-state index in [1.54, 1.807) is 13.0 Å². The minimum atomic E-state index is -4.06. The van der Waals surface area contributed by atoms with Crippen LogP contribution >= 0.6 is 0 Å². The van der Waals surface area contributed by atoms with Crippen molar-refractivity contribution in [3.63, 3.8) is 0 Å². The van der Waals surface area contributed by atoms with Crippen LogP contribution in [0.1, 0.15) is 18.4 Å². The Bertz CT molecular complexity index is 1490. The number of rotatable bonds is 9. The first-order chi connectivity index (χ1) is 16.4. The average Bonchev–Trinajstić information content (AvgIpc) is 3.57. The first-order valence-electron chi connectivity index (χ1n) is 10.4. The molecule has 0 saturated heterocycles. The molecule has 13 heteroatoms. The van der Waals surface area contributed by atoms with Crippen molar-refractivity contribution in [2.45, 2.75) is 25.0 Å². The van der Waals surface area contributed by atoms with Crippen molar-refractivity contribution in [1.82, 2.24) is 0 Å². The highest BCUT2D eigenvalue weighted by Crippen LogP contribution is 2.41. The van der Waals surface area contributed by atoms with E-state index in [0.717, 1.165) is 12.1 Å². The largest absolute Gasteiger partial charge is 0.455 e. The van der Waals surface area contributed by atoms with E-state index in [9.17, 15) is 25.6 Å². The molecule has 1 aliphatic carbocycles. The molecule has 0 amide bonds. The number of hydrogen-bond acceptors (Lipinski definition) is 6. The Hall–Kier alpha value is -3.42. The summed E-state index contributed by atoms with van der Waals surface area (Å²) in [4.78, 5) is 0. The lowest BCUT2D eigenvalue weighted by Gasteiger charge is -2.19. The third kappa shape index (κ3) is 6.38. The molecular weight excluding hydrogens is 502 g/mol. The molecule has 186 valence electrons. The number of halogens is 2. The molecule has 9 nitrogen and oxygen atoms in total. The number of ether oxygens (including phenoxy) is 1. The maximum atomic E-state index is 14.6. The fourth-order valence-corrected chi connectivity index (χ4v) is 5.12. The average molecular weight is 525 g/mol. The van der Waals surface area contributed by atoms with Crippen LogP contribution in [0.2, 0.25) is 0 Å². The van der Waals surface area contributed by atoms with Gasteiger partial charge in [0.05, 0.1) is 22.3 Å². The monoisotopic (exact) mass is 524 g/mol. The Balaban J connectivity index is 1.76. The summed E-state index contributed by atoms with van der Waals surface area (Å²) in [6, 6.07) is 11.9. The normalized spacial score (nSPS) is 13.8. The molecule has 0 bridgehead atoms. The lowest BCUT2D eigenvalue weighted by atomic mass is 10.2. The van der Waals surface area contributed by atoms with Crippen LogP contribution in [0.5, 0.6) is 11.5 Å². The van der Waals surface area contributed by atoms with Crippen molar-refractivity contribution in [2.24, 2.45) is 5.14 Å². The molecule has 0 atom stereocenters. The lowest BCUT2D eigenvalue weighted by molar-refractivity contribution is 0.479. The first-order valence-corrected chi connectivity index (χ1v) is 13.5. The number of sulfonamides is 1. The van der Waals surface area contributed by atoms with Gasteiger partial charge in [-0.15, -0.1) is 0 Å². The highest BCUT2D eigenvalue weighted by Gasteiger charge is 2.37. The van der Waals surface area contributed by atoms with Gasteiger partial charge in [0.1, 0.15) is 23.1 Å². The molecule has 0 spiro atoms. The van der Waals surface area contributed by atoms with Crippen LogP contribution in [0.3, 0.4) is 0 Å². The van der Waals surface area contributed by atoms with Crippen LogP contribution < -0.4 is 24.6 Å². The van der Waals surface area contributed by atoms with Gasteiger partial charge in [-0.1, -0.05) is 12.1 Å². The van der Waals surface area contributed by atoms with Crippen molar-refractivity contribution >= 4 is 43.0 Å². The molecule has 3 aromatic rings. The Morgan fingerprint density at radius 1 is 0.943 bits per heavy atom. The van der Waals surface area contributed by atoms with Crippen LogP contribution in [-0.2, 0) is 20.2 Å². The van der Waals surface area contributed by atoms with Gasteiger partial charge >= 0.3 is 0 Å². The molecular formula is C22H22F2N4O5S2. The lowest BCUT2D eigenvalue weighted by Crippen LogP contribution is -2.21. The van der Waals surface area contributed by atoms with E-state index >= 15 is 0 Å². The Labute approximate surface area is 201 Å². The van der Waals surface area contributed by atoms with Crippen molar-refractivity contribution in [2.75, 3.05) is 14.8 Å². The molecule has 4 rings (SSSR count). The van der Waals surface area contributed by atoms with Crippen molar-refractivity contribution in [1.29, 1.82) is 0 Å². The van der Waals surface area contributed by atoms with Gasteiger partial charge in [-0.05, 0) is 55.7 Å². The molecule has 0 unspecified atom stereocenters. The summed E-state index contributed by atoms with van der Waals surface area (Å²) < 4.78 is 87.4. The van der Waals surface area contributed by atoms with E-state index in [1.165, 1.54) is 36.4 Å². The quantitative estimate of drug-likeness (QED) is 0.329. The summed E-state index contributed by atoms with van der Waals surface area (Å²) in [7, 11) is -7.89. The molecule has 1 fully saturated rings. The third-order valence-electron chi connectivity index (χ3n) is 4.99. The predicted octanol–water partition coefficient (Wildman–Crippen LogP) is 4.33. The fraction of sp³-hybridized carbons (Fsp3) is 0.182. The molecule has 1 saturated carbocycles. The maximum Gasteiger partial charge on any atom is 0.296 e. The SMILES string of the molecule is Cc1ccc(Nc2cc(F)cc(Oc3cccc(NS(N)(=O)=O)c3)c2NS(=O)(=O)C2CC2)c(F)c1.